The fourth-order valence-electron chi connectivity index (χ4n) is 7.03. The van der Waals surface area contributed by atoms with E-state index < -0.39 is 23.8 Å². The van der Waals surface area contributed by atoms with Gasteiger partial charge >= 0.3 is 0 Å². The van der Waals surface area contributed by atoms with Gasteiger partial charge in [0.25, 0.3) is 0 Å². The summed E-state index contributed by atoms with van der Waals surface area (Å²) in [6.45, 7) is 7.02. The number of benzene rings is 4. The molecule has 3 amide bonds. The molecular weight excluding hydrogens is 586 g/mol. The molecule has 0 unspecified atom stereocenters. The molecule has 246 valence electrons. The lowest BCUT2D eigenvalue weighted by Crippen LogP contribution is -2.51. The van der Waals surface area contributed by atoms with E-state index in [0.717, 1.165) is 35.1 Å². The number of hydrogen-bond donors (Lipinski definition) is 3. The number of carbonyl (C=O) groups excluding carboxylic acids is 3. The molecule has 7 nitrogen and oxygen atoms in total. The number of carbonyl (C=O) groups is 3. The Kier molecular flexibility index (Phi) is 11.4. The summed E-state index contributed by atoms with van der Waals surface area (Å²) in [6, 6.07) is 31.0. The third kappa shape index (κ3) is 8.09. The molecule has 0 aliphatic carbocycles. The number of amides is 3. The monoisotopic (exact) mass is 633 g/mol. The van der Waals surface area contributed by atoms with Gasteiger partial charge in [0, 0.05) is 19.0 Å². The van der Waals surface area contributed by atoms with Gasteiger partial charge < -0.3 is 10.2 Å². The SMILES string of the molecule is CCC[C@H](C(=O)NO)[C@@H](CC(C)C)C(=O)N[C@H]1CCCCN(Cc2cccc(-c3ccccc3-c3cccc4ccccc34)c2)C1=O. The number of nitrogens with one attached hydrogen (secondary N) is 2. The molecule has 0 bridgehead atoms. The molecule has 47 heavy (non-hydrogen) atoms. The lowest BCUT2D eigenvalue weighted by atomic mass is 9.81. The van der Waals surface area contributed by atoms with Crippen LogP contribution in [0.5, 0.6) is 0 Å². The van der Waals surface area contributed by atoms with E-state index in [9.17, 15) is 19.6 Å². The lowest BCUT2D eigenvalue weighted by Gasteiger charge is -2.29. The van der Waals surface area contributed by atoms with Crippen LogP contribution >= 0.6 is 0 Å². The van der Waals surface area contributed by atoms with Crippen molar-refractivity contribution in [2.45, 2.75) is 71.9 Å². The molecule has 0 saturated carbocycles. The number of hydroxylamine groups is 1. The van der Waals surface area contributed by atoms with Crippen LogP contribution in [0.2, 0.25) is 0 Å². The van der Waals surface area contributed by atoms with Crippen LogP contribution in [0.15, 0.2) is 91.0 Å². The van der Waals surface area contributed by atoms with Gasteiger partial charge in [0.15, 0.2) is 0 Å². The van der Waals surface area contributed by atoms with Gasteiger partial charge in [-0.1, -0.05) is 112 Å². The van der Waals surface area contributed by atoms with E-state index in [1.165, 1.54) is 16.3 Å². The van der Waals surface area contributed by atoms with Crippen LogP contribution in [0.4, 0.5) is 0 Å². The Hall–Kier alpha value is -4.49. The van der Waals surface area contributed by atoms with Gasteiger partial charge in [-0.2, -0.15) is 0 Å². The normalized spacial score (nSPS) is 16.5. The van der Waals surface area contributed by atoms with E-state index >= 15 is 0 Å². The molecular formula is C40H47N3O4. The van der Waals surface area contributed by atoms with Crippen molar-refractivity contribution in [1.82, 2.24) is 15.7 Å². The van der Waals surface area contributed by atoms with Gasteiger partial charge in [-0.25, -0.2) is 5.48 Å². The summed E-state index contributed by atoms with van der Waals surface area (Å²) < 4.78 is 0. The van der Waals surface area contributed by atoms with Gasteiger partial charge in [0.1, 0.15) is 6.04 Å². The summed E-state index contributed by atoms with van der Waals surface area (Å²) in [7, 11) is 0. The average molecular weight is 634 g/mol. The Bertz CT molecular complexity index is 1690. The van der Waals surface area contributed by atoms with Crippen molar-refractivity contribution in [2.24, 2.45) is 17.8 Å². The summed E-state index contributed by atoms with van der Waals surface area (Å²) >= 11 is 0. The van der Waals surface area contributed by atoms with E-state index in [1.807, 2.05) is 31.7 Å². The Morgan fingerprint density at radius 3 is 2.32 bits per heavy atom. The molecule has 5 rings (SSSR count). The fourth-order valence-corrected chi connectivity index (χ4v) is 7.03. The molecule has 7 heteroatoms. The van der Waals surface area contributed by atoms with Crippen LogP contribution in [0.25, 0.3) is 33.0 Å². The average Bonchev–Trinajstić information content (AvgIpc) is 3.25. The van der Waals surface area contributed by atoms with Gasteiger partial charge in [-0.15, -0.1) is 0 Å². The van der Waals surface area contributed by atoms with Crippen LogP contribution in [0, 0.1) is 17.8 Å². The van der Waals surface area contributed by atoms with E-state index in [1.54, 1.807) is 5.48 Å². The largest absolute Gasteiger partial charge is 0.344 e. The Morgan fingerprint density at radius 2 is 1.55 bits per heavy atom. The topological polar surface area (TPSA) is 98.7 Å². The summed E-state index contributed by atoms with van der Waals surface area (Å²) in [5, 5.41) is 14.8. The molecule has 0 radical (unpaired) electrons. The first-order chi connectivity index (χ1) is 22.8. The van der Waals surface area contributed by atoms with Gasteiger partial charge in [-0.05, 0) is 82.7 Å². The first-order valence-electron chi connectivity index (χ1n) is 17.0. The maximum absolute atomic E-state index is 13.9. The van der Waals surface area contributed by atoms with Crippen LogP contribution < -0.4 is 10.8 Å². The predicted octanol–water partition coefficient (Wildman–Crippen LogP) is 7.76. The van der Waals surface area contributed by atoms with Crippen molar-refractivity contribution in [3.8, 4) is 22.3 Å². The quantitative estimate of drug-likeness (QED) is 0.110. The molecule has 1 saturated heterocycles. The van der Waals surface area contributed by atoms with Crippen molar-refractivity contribution in [3.05, 3.63) is 96.6 Å². The summed E-state index contributed by atoms with van der Waals surface area (Å²) in [5.41, 5.74) is 7.33. The minimum absolute atomic E-state index is 0.0978. The van der Waals surface area contributed by atoms with Crippen molar-refractivity contribution in [2.75, 3.05) is 6.54 Å². The number of likely N-dealkylation sites (tertiary alicyclic amines) is 1. The van der Waals surface area contributed by atoms with E-state index in [2.05, 4.69) is 90.2 Å². The number of hydrogen-bond acceptors (Lipinski definition) is 4. The second-order valence-electron chi connectivity index (χ2n) is 13.2. The van der Waals surface area contributed by atoms with Crippen molar-refractivity contribution < 1.29 is 19.6 Å². The zero-order valence-corrected chi connectivity index (χ0v) is 27.7. The number of fused-ring (bicyclic) bond motifs is 1. The van der Waals surface area contributed by atoms with Gasteiger partial charge in [-0.3, -0.25) is 19.6 Å². The third-order valence-corrected chi connectivity index (χ3v) is 9.31. The molecule has 1 fully saturated rings. The highest BCUT2D eigenvalue weighted by atomic mass is 16.5. The Balaban J connectivity index is 1.37. The highest BCUT2D eigenvalue weighted by Crippen LogP contribution is 2.36. The smallest absolute Gasteiger partial charge is 0.247 e. The summed E-state index contributed by atoms with van der Waals surface area (Å²) in [4.78, 5) is 42.0. The molecule has 4 aromatic carbocycles. The third-order valence-electron chi connectivity index (χ3n) is 9.31. The zero-order valence-electron chi connectivity index (χ0n) is 27.7. The molecule has 1 aliphatic rings. The highest BCUT2D eigenvalue weighted by molar-refractivity contribution is 6.00. The maximum Gasteiger partial charge on any atom is 0.247 e. The van der Waals surface area contributed by atoms with Crippen molar-refractivity contribution >= 4 is 28.5 Å². The predicted molar refractivity (Wildman–Crippen MR) is 187 cm³/mol. The van der Waals surface area contributed by atoms with Crippen molar-refractivity contribution in [3.63, 3.8) is 0 Å². The number of rotatable bonds is 12. The van der Waals surface area contributed by atoms with Gasteiger partial charge in [0.05, 0.1) is 5.92 Å². The second kappa shape index (κ2) is 15.9. The molecule has 1 aliphatic heterocycles. The molecule has 3 N–H and O–H groups in total. The van der Waals surface area contributed by atoms with E-state index in [4.69, 9.17) is 0 Å². The Labute approximate surface area is 278 Å². The maximum atomic E-state index is 13.9. The molecule has 1 heterocycles. The fraction of sp³-hybridized carbons (Fsp3) is 0.375. The van der Waals surface area contributed by atoms with E-state index in [0.29, 0.717) is 38.8 Å². The molecule has 0 aromatic heterocycles. The van der Waals surface area contributed by atoms with Crippen LogP contribution in [-0.4, -0.2) is 40.4 Å². The highest BCUT2D eigenvalue weighted by Gasteiger charge is 2.36. The molecule has 4 aromatic rings. The van der Waals surface area contributed by atoms with Crippen LogP contribution in [0.1, 0.15) is 64.9 Å². The van der Waals surface area contributed by atoms with Gasteiger partial charge in [0.2, 0.25) is 17.7 Å². The van der Waals surface area contributed by atoms with Crippen LogP contribution in [-0.2, 0) is 20.9 Å². The van der Waals surface area contributed by atoms with E-state index in [-0.39, 0.29) is 17.7 Å². The van der Waals surface area contributed by atoms with Crippen LogP contribution in [0.3, 0.4) is 0 Å². The Morgan fingerprint density at radius 1 is 0.851 bits per heavy atom. The molecule has 3 atom stereocenters. The lowest BCUT2D eigenvalue weighted by molar-refractivity contribution is -0.143. The molecule has 0 spiro atoms. The minimum Gasteiger partial charge on any atom is -0.344 e. The summed E-state index contributed by atoms with van der Waals surface area (Å²) in [6.07, 6.45) is 3.88. The second-order valence-corrected chi connectivity index (χ2v) is 13.2. The van der Waals surface area contributed by atoms with Crippen molar-refractivity contribution in [1.29, 1.82) is 0 Å². The minimum atomic E-state index is -0.663. The first-order valence-corrected chi connectivity index (χ1v) is 17.0. The standard InChI is InChI=1S/C40H47N3O4/c1-4-13-35(39(45)42-47)36(24-27(2)3)38(44)41-37-22-9-10-23-43(40(37)46)26-28-14-11-17-30(25-28)32-19-7-8-20-33(32)34-21-12-16-29-15-5-6-18-31(29)34/h5-8,11-12,14-21,25,27,35-37,47H,4,9-10,13,22-24,26H2,1-3H3,(H,41,44)(H,42,45)/t35-,36+,37-/m0/s1. The first kappa shape index (κ1) is 33.9. The number of nitrogens with zero attached hydrogens (tertiary/aromatic N) is 1. The zero-order chi connectivity index (χ0) is 33.3. The summed E-state index contributed by atoms with van der Waals surface area (Å²) in [5.74, 6) is -2.08.